The van der Waals surface area contributed by atoms with Gasteiger partial charge in [-0.3, -0.25) is 4.79 Å². The molecule has 0 aliphatic carbocycles. The second-order valence-corrected chi connectivity index (χ2v) is 4.50. The lowest BCUT2D eigenvalue weighted by Gasteiger charge is -2.10. The van der Waals surface area contributed by atoms with Gasteiger partial charge in [-0.15, -0.1) is 0 Å². The SMILES string of the molecule is CC(C)COC(=O)c1ccc(OCC(N)=O)c(N)c1. The van der Waals surface area contributed by atoms with Crippen molar-refractivity contribution in [2.24, 2.45) is 11.7 Å². The van der Waals surface area contributed by atoms with Gasteiger partial charge in [-0.25, -0.2) is 4.79 Å². The van der Waals surface area contributed by atoms with Crippen LogP contribution in [0.4, 0.5) is 5.69 Å². The number of carbonyl (C=O) groups excluding carboxylic acids is 2. The molecule has 0 atom stereocenters. The number of nitrogen functional groups attached to an aromatic ring is 1. The molecule has 104 valence electrons. The third kappa shape index (κ3) is 4.87. The maximum absolute atomic E-state index is 11.7. The summed E-state index contributed by atoms with van der Waals surface area (Å²) in [5, 5.41) is 0. The first-order valence-corrected chi connectivity index (χ1v) is 5.88. The molecular weight excluding hydrogens is 248 g/mol. The van der Waals surface area contributed by atoms with Crippen molar-refractivity contribution in [3.63, 3.8) is 0 Å². The summed E-state index contributed by atoms with van der Waals surface area (Å²) in [4.78, 5) is 22.3. The summed E-state index contributed by atoms with van der Waals surface area (Å²) in [5.74, 6) is -0.472. The number of nitrogens with two attached hydrogens (primary N) is 2. The van der Waals surface area contributed by atoms with E-state index >= 15 is 0 Å². The molecule has 19 heavy (non-hydrogen) atoms. The predicted octanol–water partition coefficient (Wildman–Crippen LogP) is 0.946. The van der Waals surface area contributed by atoms with E-state index in [9.17, 15) is 9.59 Å². The standard InChI is InChI=1S/C13H18N2O4/c1-8(2)6-19-13(17)9-3-4-11(10(14)5-9)18-7-12(15)16/h3-5,8H,6-7,14H2,1-2H3,(H2,15,16). The quantitative estimate of drug-likeness (QED) is 0.589. The number of hydrogen-bond acceptors (Lipinski definition) is 5. The van der Waals surface area contributed by atoms with E-state index in [4.69, 9.17) is 20.9 Å². The average molecular weight is 266 g/mol. The highest BCUT2D eigenvalue weighted by atomic mass is 16.5. The number of rotatable bonds is 6. The monoisotopic (exact) mass is 266 g/mol. The Balaban J connectivity index is 2.70. The molecule has 1 rings (SSSR count). The van der Waals surface area contributed by atoms with Gasteiger partial charge >= 0.3 is 5.97 Å². The fourth-order valence-electron chi connectivity index (χ4n) is 1.28. The summed E-state index contributed by atoms with van der Waals surface area (Å²) in [5.41, 5.74) is 11.3. The van der Waals surface area contributed by atoms with Gasteiger partial charge in [-0.05, 0) is 24.1 Å². The molecule has 1 amide bonds. The fourth-order valence-corrected chi connectivity index (χ4v) is 1.28. The van der Waals surface area contributed by atoms with Crippen LogP contribution < -0.4 is 16.2 Å². The number of primary amides is 1. The molecule has 0 unspecified atom stereocenters. The van der Waals surface area contributed by atoms with Crippen LogP contribution in [0.15, 0.2) is 18.2 Å². The number of esters is 1. The normalized spacial score (nSPS) is 10.3. The van der Waals surface area contributed by atoms with Crippen molar-refractivity contribution in [3.05, 3.63) is 23.8 Å². The molecular formula is C13H18N2O4. The molecule has 0 spiro atoms. The first-order valence-electron chi connectivity index (χ1n) is 5.88. The van der Waals surface area contributed by atoms with E-state index in [1.54, 1.807) is 0 Å². The predicted molar refractivity (Wildman–Crippen MR) is 70.7 cm³/mol. The van der Waals surface area contributed by atoms with Gasteiger partial charge in [-0.2, -0.15) is 0 Å². The van der Waals surface area contributed by atoms with Crippen LogP contribution in [0.2, 0.25) is 0 Å². The van der Waals surface area contributed by atoms with Crippen LogP contribution in [0.5, 0.6) is 5.75 Å². The van der Waals surface area contributed by atoms with Crippen LogP contribution in [-0.4, -0.2) is 25.1 Å². The van der Waals surface area contributed by atoms with Gasteiger partial charge in [0.25, 0.3) is 5.91 Å². The van der Waals surface area contributed by atoms with Crippen molar-refractivity contribution in [2.75, 3.05) is 18.9 Å². The fraction of sp³-hybridized carbons (Fsp3) is 0.385. The molecule has 6 heteroatoms. The summed E-state index contributed by atoms with van der Waals surface area (Å²) >= 11 is 0. The highest BCUT2D eigenvalue weighted by molar-refractivity contribution is 5.91. The van der Waals surface area contributed by atoms with Crippen molar-refractivity contribution in [2.45, 2.75) is 13.8 Å². The first-order chi connectivity index (χ1) is 8.90. The Kier molecular flexibility index (Phi) is 5.17. The van der Waals surface area contributed by atoms with E-state index in [2.05, 4.69) is 0 Å². The van der Waals surface area contributed by atoms with Crippen LogP contribution >= 0.6 is 0 Å². The zero-order valence-electron chi connectivity index (χ0n) is 11.0. The highest BCUT2D eigenvalue weighted by Crippen LogP contribution is 2.22. The Hall–Kier alpha value is -2.24. The summed E-state index contributed by atoms with van der Waals surface area (Å²) in [6, 6.07) is 4.47. The summed E-state index contributed by atoms with van der Waals surface area (Å²) in [6.07, 6.45) is 0. The largest absolute Gasteiger partial charge is 0.482 e. The molecule has 0 saturated heterocycles. The minimum absolute atomic E-state index is 0.250. The number of amides is 1. The van der Waals surface area contributed by atoms with Gasteiger partial charge in [0, 0.05) is 0 Å². The van der Waals surface area contributed by atoms with Crippen LogP contribution in [-0.2, 0) is 9.53 Å². The molecule has 0 bridgehead atoms. The first kappa shape index (κ1) is 14.8. The Labute approximate surface area is 111 Å². The van der Waals surface area contributed by atoms with E-state index in [-0.39, 0.29) is 18.2 Å². The summed E-state index contributed by atoms with van der Waals surface area (Å²) in [6.45, 7) is 3.98. The molecule has 0 aliphatic rings. The maximum atomic E-state index is 11.7. The molecule has 0 aromatic heterocycles. The second-order valence-electron chi connectivity index (χ2n) is 4.50. The van der Waals surface area contributed by atoms with Gasteiger partial charge in [0.1, 0.15) is 5.75 Å². The van der Waals surface area contributed by atoms with Gasteiger partial charge in [0.15, 0.2) is 6.61 Å². The van der Waals surface area contributed by atoms with Crippen LogP contribution in [0, 0.1) is 5.92 Å². The number of carbonyl (C=O) groups is 2. The van der Waals surface area contributed by atoms with E-state index in [0.29, 0.717) is 17.9 Å². The molecule has 1 aromatic carbocycles. The smallest absolute Gasteiger partial charge is 0.338 e. The number of hydrogen-bond donors (Lipinski definition) is 2. The third-order valence-electron chi connectivity index (χ3n) is 2.16. The van der Waals surface area contributed by atoms with E-state index in [1.807, 2.05) is 13.8 Å². The van der Waals surface area contributed by atoms with E-state index in [1.165, 1.54) is 18.2 Å². The zero-order chi connectivity index (χ0) is 14.4. The van der Waals surface area contributed by atoms with Crippen LogP contribution in [0.25, 0.3) is 0 Å². The Morgan fingerprint density at radius 2 is 2.00 bits per heavy atom. The van der Waals surface area contributed by atoms with Gasteiger partial charge < -0.3 is 20.9 Å². The van der Waals surface area contributed by atoms with Crippen LogP contribution in [0.1, 0.15) is 24.2 Å². The van der Waals surface area contributed by atoms with Crippen molar-refractivity contribution in [3.8, 4) is 5.75 Å². The van der Waals surface area contributed by atoms with E-state index in [0.717, 1.165) is 0 Å². The molecule has 0 saturated carbocycles. The molecule has 0 heterocycles. The summed E-state index contributed by atoms with van der Waals surface area (Å²) < 4.78 is 10.2. The number of anilines is 1. The van der Waals surface area contributed by atoms with Crippen molar-refractivity contribution < 1.29 is 19.1 Å². The third-order valence-corrected chi connectivity index (χ3v) is 2.16. The molecule has 0 aliphatic heterocycles. The van der Waals surface area contributed by atoms with E-state index < -0.39 is 11.9 Å². The zero-order valence-corrected chi connectivity index (χ0v) is 11.0. The number of ether oxygens (including phenoxy) is 2. The van der Waals surface area contributed by atoms with Crippen molar-refractivity contribution in [1.82, 2.24) is 0 Å². The van der Waals surface area contributed by atoms with Gasteiger partial charge in [0.2, 0.25) is 0 Å². The second kappa shape index (κ2) is 6.63. The lowest BCUT2D eigenvalue weighted by atomic mass is 10.2. The lowest BCUT2D eigenvalue weighted by Crippen LogP contribution is -2.20. The minimum Gasteiger partial charge on any atom is -0.482 e. The Bertz CT molecular complexity index is 472. The number of benzene rings is 1. The van der Waals surface area contributed by atoms with Crippen molar-refractivity contribution in [1.29, 1.82) is 0 Å². The molecule has 4 N–H and O–H groups in total. The Morgan fingerprint density at radius 1 is 1.32 bits per heavy atom. The maximum Gasteiger partial charge on any atom is 0.338 e. The molecule has 0 radical (unpaired) electrons. The van der Waals surface area contributed by atoms with Gasteiger partial charge in [0.05, 0.1) is 17.9 Å². The van der Waals surface area contributed by atoms with Crippen LogP contribution in [0.3, 0.4) is 0 Å². The molecule has 6 nitrogen and oxygen atoms in total. The molecule has 1 aromatic rings. The molecule has 0 fully saturated rings. The lowest BCUT2D eigenvalue weighted by molar-refractivity contribution is -0.119. The Morgan fingerprint density at radius 3 is 2.53 bits per heavy atom. The van der Waals surface area contributed by atoms with Gasteiger partial charge in [-0.1, -0.05) is 13.8 Å². The highest BCUT2D eigenvalue weighted by Gasteiger charge is 2.11. The minimum atomic E-state index is -0.597. The average Bonchev–Trinajstić information content (AvgIpc) is 2.34. The topological polar surface area (TPSA) is 105 Å². The summed E-state index contributed by atoms with van der Waals surface area (Å²) in [7, 11) is 0. The van der Waals surface area contributed by atoms with Crippen molar-refractivity contribution >= 4 is 17.6 Å².